The van der Waals surface area contributed by atoms with Crippen LogP contribution in [-0.4, -0.2) is 41.1 Å². The summed E-state index contributed by atoms with van der Waals surface area (Å²) in [7, 11) is 0. The molecule has 1 atom stereocenters. The Morgan fingerprint density at radius 2 is 1.97 bits per heavy atom. The summed E-state index contributed by atoms with van der Waals surface area (Å²) >= 11 is 0. The molecule has 3 rings (SSSR count). The van der Waals surface area contributed by atoms with Crippen molar-refractivity contribution in [3.8, 4) is 5.75 Å². The minimum Gasteiger partial charge on any atom is -0.488 e. The first-order valence-electron chi connectivity index (χ1n) is 11.6. The molecule has 5 heteroatoms. The maximum atomic E-state index is 13.5. The summed E-state index contributed by atoms with van der Waals surface area (Å²) in [5, 5.41) is 11.0. The van der Waals surface area contributed by atoms with Gasteiger partial charge in [0.2, 0.25) is 0 Å². The number of unbranched alkanes of at least 4 members (excludes halogenated alkanes) is 2. The number of carboxylic acids is 1. The predicted molar refractivity (Wildman–Crippen MR) is 128 cm³/mol. The van der Waals surface area contributed by atoms with Gasteiger partial charge in [-0.1, -0.05) is 54.6 Å². The van der Waals surface area contributed by atoms with Gasteiger partial charge in [-0.25, -0.2) is 0 Å². The van der Waals surface area contributed by atoms with Gasteiger partial charge in [0.15, 0.2) is 0 Å². The number of fused-ring (bicyclic) bond motifs is 1. The number of carbonyl (C=O) groups is 2. The lowest BCUT2D eigenvalue weighted by molar-refractivity contribution is -0.137. The van der Waals surface area contributed by atoms with Crippen LogP contribution < -0.4 is 4.74 Å². The molecule has 0 saturated carbocycles. The van der Waals surface area contributed by atoms with E-state index in [-0.39, 0.29) is 25.0 Å². The molecule has 0 aliphatic heterocycles. The molecule has 0 radical (unpaired) electrons. The third-order valence-corrected chi connectivity index (χ3v) is 5.87. The summed E-state index contributed by atoms with van der Waals surface area (Å²) in [5.74, 6) is -0.0263. The van der Waals surface area contributed by atoms with Crippen molar-refractivity contribution in [2.24, 2.45) is 0 Å². The highest BCUT2D eigenvalue weighted by Crippen LogP contribution is 2.26. The number of hydrogen-bond donors (Lipinski definition) is 1. The van der Waals surface area contributed by atoms with Gasteiger partial charge in [0, 0.05) is 18.4 Å². The number of carbonyl (C=O) groups excluding carboxylic acids is 1. The minimum absolute atomic E-state index is 0.00233. The molecule has 0 spiro atoms. The molecule has 1 aliphatic carbocycles. The molecule has 1 aliphatic rings. The number of aliphatic carboxylic acids is 1. The lowest BCUT2D eigenvalue weighted by Gasteiger charge is -2.31. The average molecular weight is 436 g/mol. The maximum absolute atomic E-state index is 13.5. The van der Waals surface area contributed by atoms with Crippen molar-refractivity contribution >= 4 is 22.6 Å². The highest BCUT2D eigenvalue weighted by Gasteiger charge is 2.24. The molecular formula is C27H33NO4. The van der Waals surface area contributed by atoms with Crippen molar-refractivity contribution in [3.63, 3.8) is 0 Å². The van der Waals surface area contributed by atoms with E-state index in [1.165, 1.54) is 0 Å². The van der Waals surface area contributed by atoms with Gasteiger partial charge >= 0.3 is 5.97 Å². The van der Waals surface area contributed by atoms with Crippen molar-refractivity contribution in [2.75, 3.05) is 13.2 Å². The summed E-state index contributed by atoms with van der Waals surface area (Å²) in [4.78, 5) is 26.2. The van der Waals surface area contributed by atoms with Crippen molar-refractivity contribution < 1.29 is 19.4 Å². The number of rotatable bonds is 11. The lowest BCUT2D eigenvalue weighted by Crippen LogP contribution is -2.41. The fraction of sp³-hybridized carbons (Fsp3) is 0.407. The van der Waals surface area contributed by atoms with E-state index in [1.54, 1.807) is 0 Å². The Labute approximate surface area is 190 Å². The van der Waals surface area contributed by atoms with E-state index in [4.69, 9.17) is 9.84 Å². The van der Waals surface area contributed by atoms with Gasteiger partial charge in [0.05, 0.1) is 11.6 Å². The number of nitrogens with zero attached hydrogens (tertiary/aromatic N) is 1. The third-order valence-electron chi connectivity index (χ3n) is 5.87. The Balaban J connectivity index is 1.76. The van der Waals surface area contributed by atoms with Crippen LogP contribution in [0.2, 0.25) is 0 Å². The van der Waals surface area contributed by atoms with Crippen LogP contribution in [0.15, 0.2) is 66.3 Å². The van der Waals surface area contributed by atoms with E-state index in [1.807, 2.05) is 60.4 Å². The van der Waals surface area contributed by atoms with Crippen LogP contribution in [0, 0.1) is 0 Å². The van der Waals surface area contributed by atoms with Gasteiger partial charge in [-0.2, -0.15) is 0 Å². The molecule has 2 aromatic carbocycles. The van der Waals surface area contributed by atoms with Gasteiger partial charge < -0.3 is 14.7 Å². The van der Waals surface area contributed by atoms with E-state index in [0.29, 0.717) is 25.0 Å². The van der Waals surface area contributed by atoms with Gasteiger partial charge in [-0.05, 0) is 56.9 Å². The molecule has 0 bridgehead atoms. The van der Waals surface area contributed by atoms with Crippen LogP contribution >= 0.6 is 0 Å². The Hall–Kier alpha value is -3.08. The number of benzene rings is 2. The lowest BCUT2D eigenvalue weighted by atomic mass is 10.00. The topological polar surface area (TPSA) is 66.8 Å². The standard InChI is InChI=1S/C27H33NO4/c1-2-28(23-15-6-4-7-16-23)27(31)22(13-5-3-8-19-26(29)30)20-32-25-18-11-14-21-12-9-10-17-24(21)25/h6,9-15,17-18,23H,2-5,7-8,16,19-20H2,1H3,(H,29,30). The zero-order valence-corrected chi connectivity index (χ0v) is 18.8. The fourth-order valence-electron chi connectivity index (χ4n) is 4.15. The number of ether oxygens (including phenoxy) is 1. The van der Waals surface area contributed by atoms with Gasteiger partial charge in [-0.3, -0.25) is 9.59 Å². The summed E-state index contributed by atoms with van der Waals surface area (Å²) < 4.78 is 6.15. The average Bonchev–Trinajstić information content (AvgIpc) is 2.81. The van der Waals surface area contributed by atoms with Gasteiger partial charge in [0.25, 0.3) is 5.91 Å². The van der Waals surface area contributed by atoms with E-state index < -0.39 is 5.97 Å². The molecule has 1 amide bonds. The normalized spacial score (nSPS) is 16.2. The SMILES string of the molecule is CCN(C(=O)C(=CCCCCC(=O)O)COc1cccc2ccccc12)C1C=CCCC1. The predicted octanol–water partition coefficient (Wildman–Crippen LogP) is 5.75. The minimum atomic E-state index is -0.786. The number of amides is 1. The van der Waals surface area contributed by atoms with Gasteiger partial charge in [-0.15, -0.1) is 0 Å². The summed E-state index contributed by atoms with van der Waals surface area (Å²) in [5.41, 5.74) is 0.633. The van der Waals surface area contributed by atoms with Crippen LogP contribution in [-0.2, 0) is 9.59 Å². The smallest absolute Gasteiger partial charge is 0.303 e. The summed E-state index contributed by atoms with van der Waals surface area (Å²) in [6.07, 6.45) is 11.5. The number of likely N-dealkylation sites (N-methyl/N-ethyl adjacent to an activating group) is 1. The molecule has 0 heterocycles. The second-order valence-electron chi connectivity index (χ2n) is 8.15. The van der Waals surface area contributed by atoms with Crippen molar-refractivity contribution in [2.45, 2.75) is 57.9 Å². The second kappa shape index (κ2) is 12.1. The number of carboxylic acid groups (broad SMARTS) is 1. The molecule has 170 valence electrons. The van der Waals surface area contributed by atoms with Crippen molar-refractivity contribution in [3.05, 3.63) is 66.3 Å². The first-order valence-corrected chi connectivity index (χ1v) is 11.6. The zero-order valence-electron chi connectivity index (χ0n) is 18.8. The van der Waals surface area contributed by atoms with E-state index >= 15 is 0 Å². The van der Waals surface area contributed by atoms with E-state index in [0.717, 1.165) is 42.2 Å². The molecular weight excluding hydrogens is 402 g/mol. The van der Waals surface area contributed by atoms with Crippen LogP contribution in [0.1, 0.15) is 51.9 Å². The largest absolute Gasteiger partial charge is 0.488 e. The van der Waals surface area contributed by atoms with Crippen molar-refractivity contribution in [1.29, 1.82) is 0 Å². The first-order chi connectivity index (χ1) is 15.6. The molecule has 1 N–H and O–H groups in total. The molecule has 0 fully saturated rings. The molecule has 0 saturated heterocycles. The maximum Gasteiger partial charge on any atom is 0.303 e. The zero-order chi connectivity index (χ0) is 22.8. The third kappa shape index (κ3) is 6.46. The Morgan fingerprint density at radius 1 is 1.16 bits per heavy atom. The van der Waals surface area contributed by atoms with Crippen LogP contribution in [0.5, 0.6) is 5.75 Å². The Kier molecular flexibility index (Phi) is 8.90. The Morgan fingerprint density at radius 3 is 2.72 bits per heavy atom. The number of hydrogen-bond acceptors (Lipinski definition) is 3. The molecule has 1 unspecified atom stereocenters. The first kappa shape index (κ1) is 23.6. The fourth-order valence-corrected chi connectivity index (χ4v) is 4.15. The van der Waals surface area contributed by atoms with Crippen LogP contribution in [0.4, 0.5) is 0 Å². The molecule has 5 nitrogen and oxygen atoms in total. The summed E-state index contributed by atoms with van der Waals surface area (Å²) in [6.45, 7) is 2.84. The van der Waals surface area contributed by atoms with Gasteiger partial charge in [0.1, 0.15) is 12.4 Å². The molecule has 2 aromatic rings. The van der Waals surface area contributed by atoms with E-state index in [9.17, 15) is 9.59 Å². The monoisotopic (exact) mass is 435 g/mol. The number of allylic oxidation sites excluding steroid dienone is 2. The van der Waals surface area contributed by atoms with Crippen molar-refractivity contribution in [1.82, 2.24) is 4.90 Å². The van der Waals surface area contributed by atoms with E-state index in [2.05, 4.69) is 12.2 Å². The van der Waals surface area contributed by atoms with Crippen LogP contribution in [0.25, 0.3) is 10.8 Å². The molecule has 32 heavy (non-hydrogen) atoms. The Bertz CT molecular complexity index is 973. The molecule has 0 aromatic heterocycles. The summed E-state index contributed by atoms with van der Waals surface area (Å²) in [6, 6.07) is 14.1. The quantitative estimate of drug-likeness (QED) is 0.277. The van der Waals surface area contributed by atoms with Crippen LogP contribution in [0.3, 0.4) is 0 Å². The highest BCUT2D eigenvalue weighted by atomic mass is 16.5. The highest BCUT2D eigenvalue weighted by molar-refractivity contribution is 5.94. The second-order valence-corrected chi connectivity index (χ2v) is 8.15.